The molecule has 0 unspecified atom stereocenters. The first-order valence-electron chi connectivity index (χ1n) is 7.12. The number of nitrogens with zero attached hydrogens (tertiary/aromatic N) is 1. The molecule has 2 nitrogen and oxygen atoms in total. The molecule has 0 N–H and O–H groups in total. The summed E-state index contributed by atoms with van der Waals surface area (Å²) >= 11 is 1.62. The van der Waals surface area contributed by atoms with Gasteiger partial charge in [0.15, 0.2) is 0 Å². The maximum atomic E-state index is 12.5. The molecule has 1 aliphatic rings. The van der Waals surface area contributed by atoms with Crippen molar-refractivity contribution in [1.29, 1.82) is 0 Å². The van der Waals surface area contributed by atoms with E-state index in [1.165, 1.54) is 16.0 Å². The molecule has 112 valence electrons. The topological polar surface area (TPSA) is 20.3 Å². The Hall–Kier alpha value is 0.442. The molecule has 1 saturated heterocycles. The van der Waals surface area contributed by atoms with Crippen LogP contribution >= 0.6 is 11.3 Å². The van der Waals surface area contributed by atoms with Crippen molar-refractivity contribution in [3.05, 3.63) is 53.8 Å². The number of hydrogen-bond donors (Lipinski definition) is 0. The van der Waals surface area contributed by atoms with Crippen molar-refractivity contribution >= 4 is 17.2 Å². The van der Waals surface area contributed by atoms with Crippen molar-refractivity contribution in [2.45, 2.75) is 26.7 Å². The molecule has 0 spiro atoms. The first kappa shape index (κ1) is 20.5. The van der Waals surface area contributed by atoms with E-state index in [-0.39, 0.29) is 82.2 Å². The molecule has 2 heterocycles. The molecular weight excluding hydrogens is 411 g/mol. The molecule has 0 radical (unpaired) electrons. The largest absolute Gasteiger partial charge is 1.00 e. The van der Waals surface area contributed by atoms with Crippen LogP contribution in [0.3, 0.4) is 0 Å². The third-order valence-electron chi connectivity index (χ3n) is 3.84. The van der Waals surface area contributed by atoms with Gasteiger partial charge in [-0.05, 0) is 43.9 Å². The monoisotopic (exact) mass is 433 g/mol. The van der Waals surface area contributed by atoms with Gasteiger partial charge in [-0.3, -0.25) is 4.79 Å². The minimum Gasteiger partial charge on any atom is -0.358 e. The number of benzene rings is 1. The Balaban J connectivity index is 0.00000121. The van der Waals surface area contributed by atoms with Crippen LogP contribution in [-0.2, 0) is 0 Å². The van der Waals surface area contributed by atoms with E-state index >= 15 is 0 Å². The van der Waals surface area contributed by atoms with Gasteiger partial charge in [-0.1, -0.05) is 29.8 Å². The third-order valence-corrected chi connectivity index (χ3v) is 5.12. The average molecular weight is 433 g/mol. The second-order valence-corrected chi connectivity index (χ2v) is 6.54. The maximum Gasteiger partial charge on any atom is 1.00 e. The number of carbonyl (C=O) groups excluding carboxylic acids is 1. The van der Waals surface area contributed by atoms with Crippen molar-refractivity contribution in [2.24, 2.45) is 0 Å². The van der Waals surface area contributed by atoms with Gasteiger partial charge in [0.2, 0.25) is 0 Å². The summed E-state index contributed by atoms with van der Waals surface area (Å²) in [5, 5.41) is 0. The summed E-state index contributed by atoms with van der Waals surface area (Å²) in [6, 6.07) is 10.6. The molecule has 0 aliphatic carbocycles. The van der Waals surface area contributed by atoms with Gasteiger partial charge < -0.3 is 12.3 Å². The zero-order chi connectivity index (χ0) is 14.1. The fourth-order valence-corrected chi connectivity index (χ4v) is 3.76. The Morgan fingerprint density at radius 3 is 2.27 bits per heavy atom. The number of rotatable bonds is 2. The molecule has 0 saturated carbocycles. The average Bonchev–Trinajstić information content (AvgIpc) is 3.08. The Morgan fingerprint density at radius 1 is 1.09 bits per heavy atom. The normalized spacial score (nSPS) is 13.5. The molecule has 1 aliphatic heterocycles. The van der Waals surface area contributed by atoms with E-state index in [1.54, 1.807) is 11.3 Å². The molecule has 1 amide bonds. The molecule has 0 atom stereocenters. The van der Waals surface area contributed by atoms with Crippen LogP contribution in [0.1, 0.15) is 33.6 Å². The number of thiophene rings is 1. The van der Waals surface area contributed by atoms with Crippen molar-refractivity contribution in [3.63, 3.8) is 0 Å². The number of carbonyl (C=O) groups is 1. The molecule has 2 aromatic rings. The second kappa shape index (κ2) is 9.06. The van der Waals surface area contributed by atoms with Crippen molar-refractivity contribution in [3.8, 4) is 10.4 Å². The van der Waals surface area contributed by atoms with Crippen LogP contribution in [0.15, 0.2) is 30.3 Å². The second-order valence-electron chi connectivity index (χ2n) is 5.49. The fraction of sp³-hybridized carbons (Fsp3) is 0.333. The first-order valence-corrected chi connectivity index (χ1v) is 7.93. The molecule has 3 rings (SSSR count). The van der Waals surface area contributed by atoms with Crippen molar-refractivity contribution < 1.29 is 73.7 Å². The first-order chi connectivity index (χ1) is 9.65. The van der Waals surface area contributed by atoms with Gasteiger partial charge in [-0.2, -0.15) is 0 Å². The number of likely N-dealkylation sites (tertiary alicyclic amines) is 1. The minimum atomic E-state index is 0. The molecule has 22 heavy (non-hydrogen) atoms. The minimum absolute atomic E-state index is 0. The molecular formula is C18H22CsNOS. The zero-order valence-electron chi connectivity index (χ0n) is 14.0. The molecule has 4 heteroatoms. The molecule has 1 fully saturated rings. The molecule has 1 aromatic carbocycles. The quantitative estimate of drug-likeness (QED) is 0.661. The fourth-order valence-electron chi connectivity index (χ4n) is 2.62. The summed E-state index contributed by atoms with van der Waals surface area (Å²) in [5.41, 5.74) is 3.56. The SMILES string of the molecule is Cc1ccc(-c2cc(C)c(C(=O)N3CCCC3)s2)cc1.[CH3-].[Cs+]. The van der Waals surface area contributed by atoms with E-state index < -0.39 is 0 Å². The van der Waals surface area contributed by atoms with E-state index in [1.807, 2.05) is 11.8 Å². The predicted octanol–water partition coefficient (Wildman–Crippen LogP) is 1.72. The van der Waals surface area contributed by atoms with Crippen LogP contribution in [-0.4, -0.2) is 23.9 Å². The third kappa shape index (κ3) is 4.50. The smallest absolute Gasteiger partial charge is 0.358 e. The van der Waals surface area contributed by atoms with Crippen LogP contribution in [0.25, 0.3) is 10.4 Å². The number of aryl methyl sites for hydroxylation is 2. The summed E-state index contributed by atoms with van der Waals surface area (Å²) in [6.07, 6.45) is 2.28. The standard InChI is InChI=1S/C17H19NOS.CH3.Cs/c1-12-5-7-14(8-6-12)15-11-13(2)16(20-15)17(19)18-9-3-4-10-18;;/h5-8,11H,3-4,9-10H2,1-2H3;1H3;/q;-1;+1. The molecule has 0 bridgehead atoms. The Labute approximate surface area is 196 Å². The van der Waals surface area contributed by atoms with E-state index in [2.05, 4.69) is 37.3 Å². The Bertz CT molecular complexity index is 627. The summed E-state index contributed by atoms with van der Waals surface area (Å²) in [6.45, 7) is 5.95. The Kier molecular flexibility index (Phi) is 8.44. The summed E-state index contributed by atoms with van der Waals surface area (Å²) in [4.78, 5) is 16.6. The van der Waals surface area contributed by atoms with Crippen LogP contribution in [0.2, 0.25) is 0 Å². The maximum absolute atomic E-state index is 12.5. The van der Waals surface area contributed by atoms with Gasteiger partial charge in [0.1, 0.15) is 0 Å². The summed E-state index contributed by atoms with van der Waals surface area (Å²) in [7, 11) is 0. The van der Waals surface area contributed by atoms with Crippen molar-refractivity contribution in [1.82, 2.24) is 4.90 Å². The molecule has 1 aromatic heterocycles. The van der Waals surface area contributed by atoms with Crippen LogP contribution < -0.4 is 68.9 Å². The van der Waals surface area contributed by atoms with Gasteiger partial charge in [0.05, 0.1) is 4.88 Å². The van der Waals surface area contributed by atoms with Gasteiger partial charge >= 0.3 is 68.9 Å². The van der Waals surface area contributed by atoms with Crippen LogP contribution in [0.4, 0.5) is 0 Å². The van der Waals surface area contributed by atoms with E-state index in [4.69, 9.17) is 0 Å². The summed E-state index contributed by atoms with van der Waals surface area (Å²) in [5.74, 6) is 0.211. The van der Waals surface area contributed by atoms with Gasteiger partial charge in [0.25, 0.3) is 5.91 Å². The van der Waals surface area contributed by atoms with Crippen LogP contribution in [0.5, 0.6) is 0 Å². The van der Waals surface area contributed by atoms with E-state index in [0.717, 1.165) is 36.4 Å². The van der Waals surface area contributed by atoms with Crippen molar-refractivity contribution in [2.75, 3.05) is 13.1 Å². The zero-order valence-corrected chi connectivity index (χ0v) is 21.1. The van der Waals surface area contributed by atoms with E-state index in [9.17, 15) is 4.79 Å². The summed E-state index contributed by atoms with van der Waals surface area (Å²) < 4.78 is 0. The van der Waals surface area contributed by atoms with Crippen LogP contribution in [0, 0.1) is 21.3 Å². The number of hydrogen-bond acceptors (Lipinski definition) is 2. The predicted molar refractivity (Wildman–Crippen MR) is 90.8 cm³/mol. The van der Waals surface area contributed by atoms with Gasteiger partial charge in [0, 0.05) is 18.0 Å². The number of amides is 1. The van der Waals surface area contributed by atoms with Gasteiger partial charge in [-0.25, -0.2) is 0 Å². The van der Waals surface area contributed by atoms with Gasteiger partial charge in [-0.15, -0.1) is 11.3 Å². The Morgan fingerprint density at radius 2 is 1.68 bits per heavy atom. The van der Waals surface area contributed by atoms with E-state index in [0.29, 0.717) is 0 Å².